The Morgan fingerprint density at radius 2 is 2.19 bits per heavy atom. The summed E-state index contributed by atoms with van der Waals surface area (Å²) >= 11 is 5.95. The van der Waals surface area contributed by atoms with Gasteiger partial charge in [-0.15, -0.1) is 0 Å². The first-order valence-corrected chi connectivity index (χ1v) is 5.88. The lowest BCUT2D eigenvalue weighted by molar-refractivity contribution is 0.159. The number of aliphatic hydroxyl groups excluding tert-OH is 1. The maximum absolute atomic E-state index is 9.57. The van der Waals surface area contributed by atoms with Gasteiger partial charge in [0.05, 0.1) is 6.10 Å². The summed E-state index contributed by atoms with van der Waals surface area (Å²) in [7, 11) is 0. The Labute approximate surface area is 101 Å². The molecule has 90 valence electrons. The summed E-state index contributed by atoms with van der Waals surface area (Å²) in [4.78, 5) is 0. The number of phenolic OH excluding ortho intramolecular Hbond substituents is 1. The van der Waals surface area contributed by atoms with Gasteiger partial charge >= 0.3 is 0 Å². The van der Waals surface area contributed by atoms with Crippen LogP contribution in [0.2, 0.25) is 5.02 Å². The summed E-state index contributed by atoms with van der Waals surface area (Å²) in [5, 5.41) is 22.6. The van der Waals surface area contributed by atoms with E-state index in [1.54, 1.807) is 18.2 Å². The molecule has 0 bridgehead atoms. The molecule has 1 rings (SSSR count). The van der Waals surface area contributed by atoms with Gasteiger partial charge in [0.1, 0.15) is 5.75 Å². The zero-order valence-electron chi connectivity index (χ0n) is 9.41. The summed E-state index contributed by atoms with van der Waals surface area (Å²) in [5.74, 6) is 0.205. The van der Waals surface area contributed by atoms with Crippen LogP contribution < -0.4 is 5.32 Å². The summed E-state index contributed by atoms with van der Waals surface area (Å²) < 4.78 is 0. The normalized spacial score (nSPS) is 12.7. The first kappa shape index (κ1) is 13.3. The number of halogens is 1. The Hall–Kier alpha value is -0.770. The van der Waals surface area contributed by atoms with Gasteiger partial charge in [0.15, 0.2) is 0 Å². The number of rotatable bonds is 6. The van der Waals surface area contributed by atoms with Gasteiger partial charge in [0.25, 0.3) is 0 Å². The lowest BCUT2D eigenvalue weighted by Crippen LogP contribution is -2.20. The Balaban J connectivity index is 2.37. The average molecular weight is 244 g/mol. The predicted molar refractivity (Wildman–Crippen MR) is 65.7 cm³/mol. The molecule has 0 fully saturated rings. The van der Waals surface area contributed by atoms with Crippen LogP contribution in [-0.2, 0) is 6.54 Å². The SMILES string of the molecule is CCC(O)CCNCc1c(O)cccc1Cl. The number of phenols is 1. The van der Waals surface area contributed by atoms with E-state index in [1.807, 2.05) is 6.92 Å². The quantitative estimate of drug-likeness (QED) is 0.672. The lowest BCUT2D eigenvalue weighted by Gasteiger charge is -2.10. The highest BCUT2D eigenvalue weighted by Gasteiger charge is 2.05. The molecule has 1 aromatic rings. The van der Waals surface area contributed by atoms with Crippen LogP contribution in [0.4, 0.5) is 0 Å². The molecule has 0 aliphatic heterocycles. The van der Waals surface area contributed by atoms with Crippen molar-refractivity contribution in [2.75, 3.05) is 6.54 Å². The molecule has 16 heavy (non-hydrogen) atoms. The first-order chi connectivity index (χ1) is 7.65. The predicted octanol–water partition coefficient (Wildman–Crippen LogP) is 2.30. The molecule has 0 spiro atoms. The van der Waals surface area contributed by atoms with Crippen LogP contribution in [0.1, 0.15) is 25.3 Å². The van der Waals surface area contributed by atoms with Crippen molar-refractivity contribution in [3.8, 4) is 5.75 Å². The zero-order chi connectivity index (χ0) is 12.0. The van der Waals surface area contributed by atoms with Crippen molar-refractivity contribution in [2.45, 2.75) is 32.4 Å². The van der Waals surface area contributed by atoms with Crippen molar-refractivity contribution in [1.82, 2.24) is 5.32 Å². The van der Waals surface area contributed by atoms with Crippen LogP contribution in [0.5, 0.6) is 5.75 Å². The third-order valence-electron chi connectivity index (χ3n) is 2.52. The fourth-order valence-electron chi connectivity index (χ4n) is 1.41. The molecule has 3 nitrogen and oxygen atoms in total. The first-order valence-electron chi connectivity index (χ1n) is 5.50. The topological polar surface area (TPSA) is 52.5 Å². The molecule has 0 amide bonds. The van der Waals surface area contributed by atoms with E-state index in [-0.39, 0.29) is 11.9 Å². The third-order valence-corrected chi connectivity index (χ3v) is 2.88. The summed E-state index contributed by atoms with van der Waals surface area (Å²) in [6.07, 6.45) is 1.22. The monoisotopic (exact) mass is 243 g/mol. The lowest BCUT2D eigenvalue weighted by atomic mass is 10.2. The molecular formula is C12H18ClNO2. The molecule has 1 atom stereocenters. The molecule has 0 aliphatic carbocycles. The van der Waals surface area contributed by atoms with Crippen molar-refractivity contribution in [3.63, 3.8) is 0 Å². The van der Waals surface area contributed by atoms with Gasteiger partial charge in [-0.2, -0.15) is 0 Å². The van der Waals surface area contributed by atoms with Crippen LogP contribution in [0, 0.1) is 0 Å². The summed E-state index contributed by atoms with van der Waals surface area (Å²) in [6, 6.07) is 5.07. The highest BCUT2D eigenvalue weighted by Crippen LogP contribution is 2.24. The molecule has 4 heteroatoms. The van der Waals surface area contributed by atoms with E-state index in [2.05, 4.69) is 5.32 Å². The van der Waals surface area contributed by atoms with Crippen molar-refractivity contribution in [2.24, 2.45) is 0 Å². The van der Waals surface area contributed by atoms with Gasteiger partial charge < -0.3 is 15.5 Å². The van der Waals surface area contributed by atoms with Crippen molar-refractivity contribution >= 4 is 11.6 Å². The van der Waals surface area contributed by atoms with Crippen molar-refractivity contribution in [3.05, 3.63) is 28.8 Å². The third kappa shape index (κ3) is 4.00. The fraction of sp³-hybridized carbons (Fsp3) is 0.500. The molecule has 0 saturated carbocycles. The molecule has 0 aliphatic rings. The second-order valence-electron chi connectivity index (χ2n) is 3.77. The largest absolute Gasteiger partial charge is 0.508 e. The average Bonchev–Trinajstić information content (AvgIpc) is 2.27. The van der Waals surface area contributed by atoms with Gasteiger partial charge in [0, 0.05) is 17.1 Å². The summed E-state index contributed by atoms with van der Waals surface area (Å²) in [6.45, 7) is 3.17. The van der Waals surface area contributed by atoms with E-state index in [9.17, 15) is 10.2 Å². The number of nitrogens with one attached hydrogen (secondary N) is 1. The highest BCUT2D eigenvalue weighted by atomic mass is 35.5. The van der Waals surface area contributed by atoms with Crippen LogP contribution in [0.15, 0.2) is 18.2 Å². The van der Waals surface area contributed by atoms with Crippen LogP contribution in [-0.4, -0.2) is 22.9 Å². The van der Waals surface area contributed by atoms with E-state index in [1.165, 1.54) is 0 Å². The molecule has 0 heterocycles. The molecule has 1 aromatic carbocycles. The number of aromatic hydroxyl groups is 1. The molecule has 0 saturated heterocycles. The smallest absolute Gasteiger partial charge is 0.121 e. The molecule has 0 radical (unpaired) electrons. The van der Waals surface area contributed by atoms with Crippen LogP contribution in [0.25, 0.3) is 0 Å². The summed E-state index contributed by atoms with van der Waals surface area (Å²) in [5.41, 5.74) is 0.704. The number of hydrogen-bond acceptors (Lipinski definition) is 3. The Kier molecular flexibility index (Phi) is 5.60. The molecule has 3 N–H and O–H groups in total. The standard InChI is InChI=1S/C12H18ClNO2/c1-2-9(15)6-7-14-8-10-11(13)4-3-5-12(10)16/h3-5,9,14-16H,2,6-8H2,1H3. The zero-order valence-corrected chi connectivity index (χ0v) is 10.2. The van der Waals surface area contributed by atoms with Gasteiger partial charge in [0.2, 0.25) is 0 Å². The Morgan fingerprint density at radius 3 is 2.81 bits per heavy atom. The number of benzene rings is 1. The maximum atomic E-state index is 9.57. The molecular weight excluding hydrogens is 226 g/mol. The van der Waals surface area contributed by atoms with E-state index in [0.717, 1.165) is 6.42 Å². The molecule has 0 aromatic heterocycles. The van der Waals surface area contributed by atoms with Crippen molar-refractivity contribution in [1.29, 1.82) is 0 Å². The number of aliphatic hydroxyl groups is 1. The second kappa shape index (κ2) is 6.74. The number of hydrogen-bond donors (Lipinski definition) is 3. The van der Waals surface area contributed by atoms with E-state index < -0.39 is 0 Å². The van der Waals surface area contributed by atoms with Gasteiger partial charge in [-0.05, 0) is 31.5 Å². The fourth-order valence-corrected chi connectivity index (χ4v) is 1.64. The Morgan fingerprint density at radius 1 is 1.44 bits per heavy atom. The highest BCUT2D eigenvalue weighted by molar-refractivity contribution is 6.31. The van der Waals surface area contributed by atoms with E-state index in [0.29, 0.717) is 30.1 Å². The van der Waals surface area contributed by atoms with Crippen LogP contribution in [0.3, 0.4) is 0 Å². The van der Waals surface area contributed by atoms with Crippen LogP contribution >= 0.6 is 11.6 Å². The van der Waals surface area contributed by atoms with Gasteiger partial charge in [-0.1, -0.05) is 24.6 Å². The maximum Gasteiger partial charge on any atom is 0.121 e. The minimum Gasteiger partial charge on any atom is -0.508 e. The van der Waals surface area contributed by atoms with E-state index >= 15 is 0 Å². The Bertz CT molecular complexity index is 311. The van der Waals surface area contributed by atoms with E-state index in [4.69, 9.17) is 11.6 Å². The minimum atomic E-state index is -0.257. The van der Waals surface area contributed by atoms with Gasteiger partial charge in [-0.3, -0.25) is 0 Å². The van der Waals surface area contributed by atoms with Gasteiger partial charge in [-0.25, -0.2) is 0 Å². The second-order valence-corrected chi connectivity index (χ2v) is 4.17. The molecule has 1 unspecified atom stereocenters. The minimum absolute atomic E-state index is 0.205. The van der Waals surface area contributed by atoms with Crippen molar-refractivity contribution < 1.29 is 10.2 Å².